The van der Waals surface area contributed by atoms with Crippen molar-refractivity contribution in [1.29, 1.82) is 0 Å². The highest BCUT2D eigenvalue weighted by Crippen LogP contribution is 2.38. The van der Waals surface area contributed by atoms with Gasteiger partial charge >= 0.3 is 6.09 Å². The molecule has 2 atom stereocenters. The van der Waals surface area contributed by atoms with Gasteiger partial charge in [-0.3, -0.25) is 15.3 Å². The van der Waals surface area contributed by atoms with Gasteiger partial charge in [0.05, 0.1) is 47.0 Å². The third-order valence-corrected chi connectivity index (χ3v) is 9.13. The molecule has 6 N–H and O–H groups in total. The summed E-state index contributed by atoms with van der Waals surface area (Å²) in [5, 5.41) is 10.9. The van der Waals surface area contributed by atoms with Gasteiger partial charge in [0.1, 0.15) is 23.3 Å². The number of nitrogens with zero attached hydrogens (tertiary/aromatic N) is 6. The smallest absolute Gasteiger partial charge is 0.410 e. The molecule has 0 bridgehead atoms. The number of pyridine rings is 4. The number of nitrogens with one attached hydrogen (secondary N) is 3. The van der Waals surface area contributed by atoms with Crippen LogP contribution in [0.25, 0.3) is 22.5 Å². The molecule has 6 aromatic heterocycles. The van der Waals surface area contributed by atoms with E-state index in [1.54, 1.807) is 36.8 Å². The summed E-state index contributed by atoms with van der Waals surface area (Å²) in [6.45, 7) is 0. The lowest BCUT2D eigenvalue weighted by Gasteiger charge is -2.07. The van der Waals surface area contributed by atoms with E-state index in [2.05, 4.69) is 89.2 Å². The second-order valence-corrected chi connectivity index (χ2v) is 13.1. The predicted octanol–water partition coefficient (Wildman–Crippen LogP) is 7.09. The molecule has 47 heavy (non-hydrogen) atoms. The Bertz CT molecular complexity index is 2060. The standard InChI is InChI=1S/C17H14BrN5O2.C16H14BrN5/c18-11-5-9-1-3-12(15(9)20-7-11)16-21-8-13(22-16)10-2-4-14(19-6-10)23-17(24)25;17-11-5-9-1-3-12(15(9)20-7-11)16-21-8-13(22-16)10-2-4-14(18)19-6-10/h2,4-8,12H,1,3H2,(H,19,23)(H,21,22)(H,24,25);2,4-8,12H,1,3H2,(H2,18,19)(H,21,22). The van der Waals surface area contributed by atoms with E-state index < -0.39 is 6.09 Å². The summed E-state index contributed by atoms with van der Waals surface area (Å²) >= 11 is 6.94. The summed E-state index contributed by atoms with van der Waals surface area (Å²) in [5.74, 6) is 3.05. The van der Waals surface area contributed by atoms with E-state index in [1.807, 2.05) is 24.7 Å². The van der Waals surface area contributed by atoms with E-state index in [0.29, 0.717) is 5.82 Å². The topological polar surface area (TPSA) is 184 Å². The van der Waals surface area contributed by atoms with Crippen LogP contribution in [0.4, 0.5) is 16.4 Å². The number of hydrogen-bond donors (Lipinski definition) is 5. The van der Waals surface area contributed by atoms with Crippen LogP contribution in [-0.4, -0.2) is 51.1 Å². The fraction of sp³-hybridized carbons (Fsp3) is 0.182. The first-order valence-electron chi connectivity index (χ1n) is 14.9. The molecule has 14 heteroatoms. The zero-order valence-corrected chi connectivity index (χ0v) is 28.0. The third-order valence-electron chi connectivity index (χ3n) is 8.26. The first-order valence-corrected chi connectivity index (χ1v) is 16.5. The first-order chi connectivity index (χ1) is 22.8. The van der Waals surface area contributed by atoms with Gasteiger partial charge in [-0.15, -0.1) is 0 Å². The quantitative estimate of drug-likeness (QED) is 0.123. The number of rotatable bonds is 5. The molecule has 0 aromatic carbocycles. The number of halogens is 2. The van der Waals surface area contributed by atoms with E-state index in [4.69, 9.17) is 10.8 Å². The van der Waals surface area contributed by atoms with Crippen LogP contribution in [0.1, 0.15) is 58.8 Å². The molecule has 0 fully saturated rings. The predicted molar refractivity (Wildman–Crippen MR) is 184 cm³/mol. The van der Waals surface area contributed by atoms with Gasteiger partial charge in [0.25, 0.3) is 0 Å². The SMILES string of the molecule is Nc1ccc(-c2cnc(C3CCc4cc(Br)cnc43)[nH]2)cn1.O=C(O)Nc1ccc(-c2cnc(C3CCc4cc(Br)cnc43)[nH]2)cn1. The summed E-state index contributed by atoms with van der Waals surface area (Å²) in [6.07, 6.45) is 13.5. The Morgan fingerprint density at radius 3 is 1.72 bits per heavy atom. The Hall–Kier alpha value is -4.95. The zero-order chi connectivity index (χ0) is 32.5. The molecule has 6 heterocycles. The number of carboxylic acid groups (broad SMARTS) is 1. The maximum Gasteiger partial charge on any atom is 0.410 e. The van der Waals surface area contributed by atoms with Crippen molar-refractivity contribution in [2.45, 2.75) is 37.5 Å². The van der Waals surface area contributed by atoms with Crippen LogP contribution in [0, 0.1) is 0 Å². The van der Waals surface area contributed by atoms with Gasteiger partial charge in [-0.1, -0.05) is 0 Å². The van der Waals surface area contributed by atoms with Crippen molar-refractivity contribution in [2.75, 3.05) is 11.1 Å². The molecule has 1 amide bonds. The van der Waals surface area contributed by atoms with Crippen LogP contribution in [0.3, 0.4) is 0 Å². The number of nitrogens with two attached hydrogens (primary N) is 1. The molecule has 2 aliphatic rings. The van der Waals surface area contributed by atoms with E-state index in [0.717, 1.165) is 80.2 Å². The van der Waals surface area contributed by atoms with Crippen molar-refractivity contribution in [3.63, 3.8) is 0 Å². The maximum atomic E-state index is 10.6. The highest BCUT2D eigenvalue weighted by molar-refractivity contribution is 9.10. The highest BCUT2D eigenvalue weighted by Gasteiger charge is 2.29. The number of aryl methyl sites for hydroxylation is 2. The number of carbonyl (C=O) groups is 1. The summed E-state index contributed by atoms with van der Waals surface area (Å²) in [5.41, 5.74) is 14.0. The second kappa shape index (κ2) is 13.0. The van der Waals surface area contributed by atoms with Crippen LogP contribution in [-0.2, 0) is 12.8 Å². The summed E-state index contributed by atoms with van der Waals surface area (Å²) in [4.78, 5) is 43.8. The lowest BCUT2D eigenvalue weighted by Crippen LogP contribution is -2.08. The van der Waals surface area contributed by atoms with Crippen LogP contribution < -0.4 is 11.1 Å². The van der Waals surface area contributed by atoms with Gasteiger partial charge in [-0.25, -0.2) is 24.7 Å². The van der Waals surface area contributed by atoms with E-state index in [-0.39, 0.29) is 17.7 Å². The Kier molecular flexibility index (Phi) is 8.52. The lowest BCUT2D eigenvalue weighted by atomic mass is 10.1. The van der Waals surface area contributed by atoms with E-state index in [1.165, 1.54) is 11.1 Å². The molecule has 0 saturated carbocycles. The molecular formula is C33H28Br2N10O2. The summed E-state index contributed by atoms with van der Waals surface area (Å²) < 4.78 is 2.02. The van der Waals surface area contributed by atoms with Gasteiger partial charge < -0.3 is 20.8 Å². The minimum atomic E-state index is -1.14. The number of aromatic nitrogens is 8. The number of anilines is 2. The normalized spacial score (nSPS) is 16.2. The average Bonchev–Trinajstić information content (AvgIpc) is 3.87. The van der Waals surface area contributed by atoms with Crippen molar-refractivity contribution in [1.82, 2.24) is 39.9 Å². The van der Waals surface area contributed by atoms with Crippen LogP contribution in [0.5, 0.6) is 0 Å². The lowest BCUT2D eigenvalue weighted by molar-refractivity contribution is 0.209. The highest BCUT2D eigenvalue weighted by atomic mass is 79.9. The van der Waals surface area contributed by atoms with Gasteiger partial charge in [0.15, 0.2) is 0 Å². The summed E-state index contributed by atoms with van der Waals surface area (Å²) in [6, 6.07) is 11.4. The molecule has 12 nitrogen and oxygen atoms in total. The van der Waals surface area contributed by atoms with Gasteiger partial charge in [0, 0.05) is 44.9 Å². The molecule has 2 unspecified atom stereocenters. The fourth-order valence-electron chi connectivity index (χ4n) is 6.04. The number of aromatic amines is 2. The Morgan fingerprint density at radius 1 is 0.723 bits per heavy atom. The van der Waals surface area contributed by atoms with Crippen molar-refractivity contribution in [2.24, 2.45) is 0 Å². The average molecular weight is 756 g/mol. The Morgan fingerprint density at radius 2 is 1.26 bits per heavy atom. The largest absolute Gasteiger partial charge is 0.465 e. The van der Waals surface area contributed by atoms with Gasteiger partial charge in [-0.05, 0) is 105 Å². The Balaban J connectivity index is 0.000000151. The second-order valence-electron chi connectivity index (χ2n) is 11.3. The molecule has 236 valence electrons. The first kappa shape index (κ1) is 30.7. The molecule has 0 radical (unpaired) electrons. The molecule has 2 aliphatic carbocycles. The van der Waals surface area contributed by atoms with Crippen molar-refractivity contribution >= 4 is 49.6 Å². The fourth-order valence-corrected chi connectivity index (χ4v) is 6.80. The molecule has 0 saturated heterocycles. The molecule has 6 aromatic rings. The van der Waals surface area contributed by atoms with Crippen LogP contribution in [0.2, 0.25) is 0 Å². The zero-order valence-electron chi connectivity index (χ0n) is 24.8. The number of imidazole rings is 2. The third kappa shape index (κ3) is 6.65. The van der Waals surface area contributed by atoms with Crippen molar-refractivity contribution in [3.05, 3.63) is 117 Å². The van der Waals surface area contributed by atoms with E-state index >= 15 is 0 Å². The van der Waals surface area contributed by atoms with Gasteiger partial charge in [-0.2, -0.15) is 0 Å². The minimum absolute atomic E-state index is 0.165. The molecule has 0 aliphatic heterocycles. The summed E-state index contributed by atoms with van der Waals surface area (Å²) in [7, 11) is 0. The maximum absolute atomic E-state index is 10.6. The minimum Gasteiger partial charge on any atom is -0.465 e. The number of hydrogen-bond acceptors (Lipinski definition) is 8. The van der Waals surface area contributed by atoms with Crippen molar-refractivity contribution < 1.29 is 9.90 Å². The number of amides is 1. The number of fused-ring (bicyclic) bond motifs is 2. The monoisotopic (exact) mass is 754 g/mol. The number of nitrogen functional groups attached to an aromatic ring is 1. The van der Waals surface area contributed by atoms with Crippen LogP contribution >= 0.6 is 31.9 Å². The van der Waals surface area contributed by atoms with E-state index in [9.17, 15) is 4.79 Å². The van der Waals surface area contributed by atoms with Crippen LogP contribution in [0.15, 0.2) is 82.5 Å². The Labute approximate surface area is 286 Å². The van der Waals surface area contributed by atoms with Crippen molar-refractivity contribution in [3.8, 4) is 22.5 Å². The molecule has 8 rings (SSSR count). The number of H-pyrrole nitrogens is 2. The molecule has 0 spiro atoms. The van der Waals surface area contributed by atoms with Gasteiger partial charge in [0.2, 0.25) is 0 Å². The molecular weight excluding hydrogens is 728 g/mol.